The summed E-state index contributed by atoms with van der Waals surface area (Å²) in [7, 11) is 1.83. The Balaban J connectivity index is 4.06. The van der Waals surface area contributed by atoms with E-state index in [1.807, 2.05) is 7.12 Å². The van der Waals surface area contributed by atoms with Gasteiger partial charge in [0.2, 0.25) is 17.7 Å². The molecule has 0 aromatic carbocycles. The second-order valence-electron chi connectivity index (χ2n) is 5.33. The molecule has 0 spiro atoms. The van der Waals surface area contributed by atoms with Crippen LogP contribution in [-0.4, -0.2) is 62.3 Å². The Hall–Kier alpha value is -1.84. The van der Waals surface area contributed by atoms with Crippen LogP contribution in [0.5, 0.6) is 0 Å². The van der Waals surface area contributed by atoms with Crippen molar-refractivity contribution < 1.29 is 24.0 Å². The molecule has 0 saturated heterocycles. The molecular weight excluding hydrogens is 345 g/mol. The standard InChI is InChI=1S/C15H26BN3O5S/c16-25-11-12(19-14(23)6-2-4-10-21)15(24)18-8-7-17-13(22)5-1-3-9-20/h9-10,12H,1-8,11,16H2,(H,17,22)(H,18,24)(H,19,23)/t12-/m0/s1. The molecular formula is C15H26BN3O5S. The molecule has 0 rings (SSSR count). The third-order valence-corrected chi connectivity index (χ3v) is 3.85. The number of hydrogen-bond acceptors (Lipinski definition) is 6. The number of rotatable bonds is 15. The molecule has 8 nitrogen and oxygen atoms in total. The molecule has 1 atom stereocenters. The van der Waals surface area contributed by atoms with Gasteiger partial charge in [-0.05, 0) is 12.8 Å². The summed E-state index contributed by atoms with van der Waals surface area (Å²) in [5, 5.41) is 7.97. The molecule has 0 heterocycles. The fourth-order valence-electron chi connectivity index (χ4n) is 1.91. The quantitative estimate of drug-likeness (QED) is 0.187. The van der Waals surface area contributed by atoms with Crippen molar-refractivity contribution in [3.63, 3.8) is 0 Å². The Morgan fingerprint density at radius 2 is 1.48 bits per heavy atom. The molecule has 0 saturated carbocycles. The maximum atomic E-state index is 12.1. The maximum Gasteiger partial charge on any atom is 0.243 e. The van der Waals surface area contributed by atoms with Crippen LogP contribution < -0.4 is 16.0 Å². The molecule has 0 radical (unpaired) electrons. The molecule has 3 amide bonds. The Kier molecular flexibility index (Phi) is 14.5. The molecule has 0 aromatic rings. The lowest BCUT2D eigenvalue weighted by molar-refractivity contribution is -0.128. The molecule has 10 heteroatoms. The summed E-state index contributed by atoms with van der Waals surface area (Å²) in [6, 6.07) is -0.651. The summed E-state index contributed by atoms with van der Waals surface area (Å²) in [4.78, 5) is 55.7. The maximum absolute atomic E-state index is 12.1. The SMILES string of the molecule is BSC[C@H](NC(=O)CCCC=O)C(=O)NCCNC(=O)CCCC=O. The van der Waals surface area contributed by atoms with Gasteiger partial charge in [-0.25, -0.2) is 11.6 Å². The molecule has 140 valence electrons. The van der Waals surface area contributed by atoms with Gasteiger partial charge in [0.25, 0.3) is 0 Å². The van der Waals surface area contributed by atoms with Gasteiger partial charge in [-0.15, -0.1) is 0 Å². The first-order valence-corrected chi connectivity index (χ1v) is 9.64. The van der Waals surface area contributed by atoms with Crippen molar-refractivity contribution in [3.05, 3.63) is 0 Å². The van der Waals surface area contributed by atoms with Gasteiger partial charge in [0, 0.05) is 44.5 Å². The Morgan fingerprint density at radius 3 is 2.04 bits per heavy atom. The van der Waals surface area contributed by atoms with Crippen LogP contribution in [0, 0.1) is 0 Å². The van der Waals surface area contributed by atoms with Gasteiger partial charge in [-0.3, -0.25) is 14.4 Å². The van der Waals surface area contributed by atoms with E-state index in [9.17, 15) is 24.0 Å². The van der Waals surface area contributed by atoms with Crippen LogP contribution in [0.1, 0.15) is 38.5 Å². The monoisotopic (exact) mass is 371 g/mol. The first-order chi connectivity index (χ1) is 12.0. The van der Waals surface area contributed by atoms with E-state index < -0.39 is 6.04 Å². The minimum Gasteiger partial charge on any atom is -0.354 e. The largest absolute Gasteiger partial charge is 0.354 e. The molecule has 0 aliphatic rings. The van der Waals surface area contributed by atoms with Crippen LogP contribution in [-0.2, 0) is 24.0 Å². The van der Waals surface area contributed by atoms with Crippen molar-refractivity contribution in [1.29, 1.82) is 0 Å². The minimum atomic E-state index is -0.651. The zero-order valence-corrected chi connectivity index (χ0v) is 15.4. The minimum absolute atomic E-state index is 0.166. The van der Waals surface area contributed by atoms with Crippen LogP contribution >= 0.6 is 11.6 Å². The Morgan fingerprint density at radius 1 is 0.920 bits per heavy atom. The van der Waals surface area contributed by atoms with Gasteiger partial charge < -0.3 is 25.5 Å². The van der Waals surface area contributed by atoms with E-state index in [2.05, 4.69) is 16.0 Å². The lowest BCUT2D eigenvalue weighted by atomic mass is 10.2. The highest BCUT2D eigenvalue weighted by Crippen LogP contribution is 1.99. The summed E-state index contributed by atoms with van der Waals surface area (Å²) < 4.78 is 0. The lowest BCUT2D eigenvalue weighted by Crippen LogP contribution is -2.49. The van der Waals surface area contributed by atoms with Gasteiger partial charge in [0.15, 0.2) is 7.12 Å². The van der Waals surface area contributed by atoms with Crippen molar-refractivity contribution in [2.24, 2.45) is 0 Å². The van der Waals surface area contributed by atoms with Crippen molar-refractivity contribution in [1.82, 2.24) is 16.0 Å². The summed E-state index contributed by atoms with van der Waals surface area (Å²) in [5.41, 5.74) is 0. The van der Waals surface area contributed by atoms with E-state index in [0.717, 1.165) is 12.6 Å². The van der Waals surface area contributed by atoms with Gasteiger partial charge >= 0.3 is 0 Å². The first-order valence-electron chi connectivity index (χ1n) is 8.25. The van der Waals surface area contributed by atoms with E-state index in [-0.39, 0.29) is 43.7 Å². The van der Waals surface area contributed by atoms with Crippen molar-refractivity contribution in [3.8, 4) is 0 Å². The lowest BCUT2D eigenvalue weighted by Gasteiger charge is -2.18. The molecule has 3 N–H and O–H groups in total. The van der Waals surface area contributed by atoms with E-state index in [0.29, 0.717) is 31.4 Å². The first kappa shape index (κ1) is 23.2. The molecule has 0 fully saturated rings. The molecule has 0 bridgehead atoms. The number of hydrogen-bond donors (Lipinski definition) is 3. The van der Waals surface area contributed by atoms with Crippen LogP contribution in [0.3, 0.4) is 0 Å². The van der Waals surface area contributed by atoms with Gasteiger partial charge in [-0.2, -0.15) is 0 Å². The van der Waals surface area contributed by atoms with Gasteiger partial charge in [0.1, 0.15) is 18.6 Å². The third-order valence-electron chi connectivity index (χ3n) is 3.18. The van der Waals surface area contributed by atoms with Crippen LogP contribution in [0.15, 0.2) is 0 Å². The van der Waals surface area contributed by atoms with Crippen molar-refractivity contribution >= 4 is 49.0 Å². The van der Waals surface area contributed by atoms with Crippen LogP contribution in [0.4, 0.5) is 0 Å². The summed E-state index contributed by atoms with van der Waals surface area (Å²) >= 11 is 1.43. The van der Waals surface area contributed by atoms with E-state index in [4.69, 9.17) is 0 Å². The average Bonchev–Trinajstić information content (AvgIpc) is 2.58. The molecule has 0 aliphatic carbocycles. The second-order valence-corrected chi connectivity index (χ2v) is 6.24. The van der Waals surface area contributed by atoms with Gasteiger partial charge in [0.05, 0.1) is 0 Å². The van der Waals surface area contributed by atoms with Crippen LogP contribution in [0.25, 0.3) is 0 Å². The molecule has 25 heavy (non-hydrogen) atoms. The number of amides is 3. The van der Waals surface area contributed by atoms with Crippen molar-refractivity contribution in [2.75, 3.05) is 18.8 Å². The average molecular weight is 371 g/mol. The number of aldehydes is 2. The highest BCUT2D eigenvalue weighted by atomic mass is 32.2. The summed E-state index contributed by atoms with van der Waals surface area (Å²) in [5.74, 6) is -0.309. The smallest absolute Gasteiger partial charge is 0.243 e. The normalized spacial score (nSPS) is 11.2. The molecule has 0 unspecified atom stereocenters. The third kappa shape index (κ3) is 13.2. The molecule has 0 aliphatic heterocycles. The zero-order chi connectivity index (χ0) is 18.9. The zero-order valence-electron chi connectivity index (χ0n) is 14.5. The Bertz CT molecular complexity index is 451. The number of carbonyl (C=O) groups is 5. The van der Waals surface area contributed by atoms with Crippen LogP contribution in [0.2, 0.25) is 0 Å². The highest BCUT2D eigenvalue weighted by molar-refractivity contribution is 8.19. The number of carbonyl (C=O) groups excluding carboxylic acids is 5. The molecule has 0 aromatic heterocycles. The highest BCUT2D eigenvalue weighted by Gasteiger charge is 2.19. The second kappa shape index (κ2) is 15.7. The predicted octanol–water partition coefficient (Wildman–Crippen LogP) is -1.28. The van der Waals surface area contributed by atoms with Crippen molar-refractivity contribution in [2.45, 2.75) is 44.6 Å². The topological polar surface area (TPSA) is 121 Å². The van der Waals surface area contributed by atoms with E-state index in [1.54, 1.807) is 0 Å². The fraction of sp³-hybridized carbons (Fsp3) is 0.667. The van der Waals surface area contributed by atoms with E-state index >= 15 is 0 Å². The Labute approximate surface area is 152 Å². The number of unbranched alkanes of at least 4 members (excludes halogenated alkanes) is 2. The summed E-state index contributed by atoms with van der Waals surface area (Å²) in [6.07, 6.45) is 3.64. The van der Waals surface area contributed by atoms with Gasteiger partial charge in [-0.1, -0.05) is 0 Å². The number of nitrogens with one attached hydrogen (secondary N) is 3. The predicted molar refractivity (Wildman–Crippen MR) is 98.8 cm³/mol. The summed E-state index contributed by atoms with van der Waals surface area (Å²) in [6.45, 7) is 0.537. The fourth-order valence-corrected chi connectivity index (χ4v) is 2.48. The van der Waals surface area contributed by atoms with E-state index in [1.165, 1.54) is 11.6 Å².